The molecule has 1 atom stereocenters. The van der Waals surface area contributed by atoms with Crippen LogP contribution in [0.15, 0.2) is 34.9 Å². The van der Waals surface area contributed by atoms with E-state index in [4.69, 9.17) is 28.5 Å². The van der Waals surface area contributed by atoms with E-state index in [0.29, 0.717) is 41.6 Å². The molecule has 0 saturated heterocycles. The van der Waals surface area contributed by atoms with Crippen molar-refractivity contribution in [2.45, 2.75) is 57.9 Å². The van der Waals surface area contributed by atoms with Crippen LogP contribution < -0.4 is 14.8 Å². The third-order valence-corrected chi connectivity index (χ3v) is 5.51. The van der Waals surface area contributed by atoms with Crippen molar-refractivity contribution in [1.82, 2.24) is 25.5 Å². The number of aromatic nitrogens is 4. The van der Waals surface area contributed by atoms with Crippen LogP contribution in [0.4, 0.5) is 13.2 Å². The first-order chi connectivity index (χ1) is 18.7. The lowest BCUT2D eigenvalue weighted by molar-refractivity contribution is -0.192. The first-order valence-corrected chi connectivity index (χ1v) is 11.9. The van der Waals surface area contributed by atoms with Gasteiger partial charge in [0.2, 0.25) is 0 Å². The molecule has 220 valence electrons. The number of aryl methyl sites for hydroxylation is 1. The van der Waals surface area contributed by atoms with E-state index in [2.05, 4.69) is 20.8 Å². The van der Waals surface area contributed by atoms with Gasteiger partial charge in [-0.2, -0.15) is 13.2 Å². The van der Waals surface area contributed by atoms with Crippen LogP contribution in [0.3, 0.4) is 0 Å². The Kier molecular flexibility index (Phi) is 11.0. The molecule has 0 saturated carbocycles. The number of esters is 1. The van der Waals surface area contributed by atoms with Crippen LogP contribution in [0, 0.1) is 0 Å². The van der Waals surface area contributed by atoms with Gasteiger partial charge in [0.1, 0.15) is 11.3 Å². The standard InChI is InChI=1S/C23H31N5O5.C2HF3O2/c1-23(2,3)28-21(25-26-27-28)17(24-14-20-16(11-12-33-20)22(29)32-6)9-7-15-8-10-18(30-4)19(13-15)31-5;3-2(4,5)1(6)7/h8,10-13,17,24H,7,9,14H2,1-6H3;(H,6,7). The molecule has 0 spiro atoms. The lowest BCUT2D eigenvalue weighted by atomic mass is 10.0. The topological polar surface area (TPSA) is 151 Å². The van der Waals surface area contributed by atoms with Gasteiger partial charge < -0.3 is 29.1 Å². The second-order valence-electron chi connectivity index (χ2n) is 9.33. The van der Waals surface area contributed by atoms with E-state index in [-0.39, 0.29) is 11.6 Å². The molecule has 0 aliphatic rings. The van der Waals surface area contributed by atoms with Gasteiger partial charge in [-0.1, -0.05) is 6.07 Å². The predicted molar refractivity (Wildman–Crippen MR) is 134 cm³/mol. The number of halogens is 3. The van der Waals surface area contributed by atoms with Crippen LogP contribution in [0.1, 0.15) is 60.7 Å². The molecule has 3 aromatic rings. The molecule has 15 heteroatoms. The number of carboxylic acid groups (broad SMARTS) is 1. The lowest BCUT2D eigenvalue weighted by Crippen LogP contribution is -2.31. The monoisotopic (exact) mass is 571 g/mol. The number of carbonyl (C=O) groups excluding carboxylic acids is 1. The van der Waals surface area contributed by atoms with Crippen LogP contribution >= 0.6 is 0 Å². The summed E-state index contributed by atoms with van der Waals surface area (Å²) in [5, 5.41) is 23.0. The highest BCUT2D eigenvalue weighted by Gasteiger charge is 2.38. The van der Waals surface area contributed by atoms with Crippen LogP contribution in [0.25, 0.3) is 0 Å². The Morgan fingerprint density at radius 3 is 2.30 bits per heavy atom. The number of carbonyl (C=O) groups is 2. The Balaban J connectivity index is 0.000000708. The fourth-order valence-corrected chi connectivity index (χ4v) is 3.54. The number of carboxylic acids is 1. The van der Waals surface area contributed by atoms with Crippen LogP contribution in [-0.4, -0.2) is 64.8 Å². The second-order valence-corrected chi connectivity index (χ2v) is 9.33. The highest BCUT2D eigenvalue weighted by Crippen LogP contribution is 2.29. The fraction of sp³-hybridized carbons (Fsp3) is 0.480. The average molecular weight is 572 g/mol. The number of tetrazole rings is 1. The van der Waals surface area contributed by atoms with E-state index in [1.807, 2.05) is 43.7 Å². The first-order valence-electron chi connectivity index (χ1n) is 11.9. The summed E-state index contributed by atoms with van der Waals surface area (Å²) in [6.45, 7) is 6.44. The molecule has 0 aliphatic carbocycles. The van der Waals surface area contributed by atoms with Crippen molar-refractivity contribution in [3.05, 3.63) is 53.2 Å². The normalized spacial score (nSPS) is 12.2. The van der Waals surface area contributed by atoms with E-state index in [0.717, 1.165) is 12.0 Å². The van der Waals surface area contributed by atoms with Crippen molar-refractivity contribution in [2.75, 3.05) is 21.3 Å². The van der Waals surface area contributed by atoms with Gasteiger partial charge in [-0.3, -0.25) is 0 Å². The van der Waals surface area contributed by atoms with E-state index in [9.17, 15) is 18.0 Å². The van der Waals surface area contributed by atoms with Crippen LogP contribution in [0.5, 0.6) is 11.5 Å². The molecule has 2 aromatic heterocycles. The van der Waals surface area contributed by atoms with E-state index in [1.54, 1.807) is 20.3 Å². The minimum Gasteiger partial charge on any atom is -0.493 e. The number of methoxy groups -OCH3 is 3. The Morgan fingerprint density at radius 2 is 1.75 bits per heavy atom. The maximum atomic E-state index is 12.0. The molecule has 2 N–H and O–H groups in total. The second kappa shape index (κ2) is 13.8. The van der Waals surface area contributed by atoms with Crippen LogP contribution in [0.2, 0.25) is 0 Å². The number of nitrogens with zero attached hydrogens (tertiary/aromatic N) is 4. The fourth-order valence-electron chi connectivity index (χ4n) is 3.54. The molecule has 12 nitrogen and oxygen atoms in total. The van der Waals surface area contributed by atoms with Gasteiger partial charge in [0, 0.05) is 0 Å². The Bertz CT molecular complexity index is 1270. The van der Waals surface area contributed by atoms with E-state index < -0.39 is 18.1 Å². The summed E-state index contributed by atoms with van der Waals surface area (Å²) in [7, 11) is 4.57. The number of ether oxygens (including phenoxy) is 3. The van der Waals surface area contributed by atoms with Gasteiger partial charge in [0.05, 0.1) is 45.7 Å². The summed E-state index contributed by atoms with van der Waals surface area (Å²) in [5.41, 5.74) is 1.17. The molecule has 0 bridgehead atoms. The van der Waals surface area contributed by atoms with Crippen molar-refractivity contribution >= 4 is 11.9 Å². The number of hydrogen-bond donors (Lipinski definition) is 2. The number of nitrogens with one attached hydrogen (secondary N) is 1. The average Bonchev–Trinajstić information content (AvgIpc) is 3.58. The highest BCUT2D eigenvalue weighted by atomic mass is 19.4. The smallest absolute Gasteiger partial charge is 0.490 e. The van der Waals surface area contributed by atoms with Crippen molar-refractivity contribution in [3.63, 3.8) is 0 Å². The Labute approximate surface area is 228 Å². The quantitative estimate of drug-likeness (QED) is 0.341. The molecule has 2 heterocycles. The number of hydrogen-bond acceptors (Lipinski definition) is 10. The molecule has 0 radical (unpaired) electrons. The zero-order chi connectivity index (χ0) is 30.1. The SMILES string of the molecule is COC(=O)c1ccoc1CNC(CCc1ccc(OC)c(OC)c1)c1nnnn1C(C)(C)C.O=C(O)C(F)(F)F. The third-order valence-electron chi connectivity index (χ3n) is 5.51. The van der Waals surface area contributed by atoms with Crippen molar-refractivity contribution in [3.8, 4) is 11.5 Å². The molecule has 0 aliphatic heterocycles. The zero-order valence-corrected chi connectivity index (χ0v) is 22.9. The molecular weight excluding hydrogens is 539 g/mol. The van der Waals surface area contributed by atoms with Gasteiger partial charge in [-0.15, -0.1) is 5.10 Å². The number of rotatable bonds is 10. The van der Waals surface area contributed by atoms with Crippen molar-refractivity contribution in [1.29, 1.82) is 0 Å². The van der Waals surface area contributed by atoms with Gasteiger partial charge in [0.25, 0.3) is 0 Å². The van der Waals surface area contributed by atoms with Gasteiger partial charge >= 0.3 is 18.1 Å². The maximum absolute atomic E-state index is 12.0. The van der Waals surface area contributed by atoms with Gasteiger partial charge in [0.15, 0.2) is 17.3 Å². The number of aliphatic carboxylic acids is 1. The molecular formula is C25H32F3N5O7. The van der Waals surface area contributed by atoms with Crippen LogP contribution in [-0.2, 0) is 28.0 Å². The molecule has 1 aromatic carbocycles. The Hall–Kier alpha value is -4.14. The summed E-state index contributed by atoms with van der Waals surface area (Å²) < 4.78 is 54.7. The summed E-state index contributed by atoms with van der Waals surface area (Å²) in [6.07, 6.45) is -2.18. The largest absolute Gasteiger partial charge is 0.493 e. The zero-order valence-electron chi connectivity index (χ0n) is 22.9. The third kappa shape index (κ3) is 8.69. The lowest BCUT2D eigenvalue weighted by Gasteiger charge is -2.24. The number of alkyl halides is 3. The summed E-state index contributed by atoms with van der Waals surface area (Å²) in [6, 6.07) is 7.25. The summed E-state index contributed by atoms with van der Waals surface area (Å²) in [5.74, 6) is -0.644. The first kappa shape index (κ1) is 32.1. The highest BCUT2D eigenvalue weighted by molar-refractivity contribution is 5.90. The Morgan fingerprint density at radius 1 is 1.10 bits per heavy atom. The molecule has 3 rings (SSSR count). The van der Waals surface area contributed by atoms with Gasteiger partial charge in [-0.25, -0.2) is 14.3 Å². The number of benzene rings is 1. The van der Waals surface area contributed by atoms with Crippen molar-refractivity contribution in [2.24, 2.45) is 0 Å². The number of furan rings is 1. The molecule has 40 heavy (non-hydrogen) atoms. The maximum Gasteiger partial charge on any atom is 0.490 e. The predicted octanol–water partition coefficient (Wildman–Crippen LogP) is 3.92. The molecule has 0 fully saturated rings. The van der Waals surface area contributed by atoms with E-state index in [1.165, 1.54) is 13.4 Å². The summed E-state index contributed by atoms with van der Waals surface area (Å²) >= 11 is 0. The van der Waals surface area contributed by atoms with Crippen molar-refractivity contribution < 1.29 is 46.5 Å². The van der Waals surface area contributed by atoms with E-state index >= 15 is 0 Å². The van der Waals surface area contributed by atoms with Gasteiger partial charge in [-0.05, 0) is 67.8 Å². The molecule has 1 unspecified atom stereocenters. The minimum atomic E-state index is -5.08. The molecule has 0 amide bonds. The minimum absolute atomic E-state index is 0.206. The summed E-state index contributed by atoms with van der Waals surface area (Å²) in [4.78, 5) is 20.9.